The van der Waals surface area contributed by atoms with E-state index in [1.54, 1.807) is 37.3 Å². The van der Waals surface area contributed by atoms with Crippen LogP contribution in [0.3, 0.4) is 0 Å². The van der Waals surface area contributed by atoms with Crippen LogP contribution < -0.4 is 10.6 Å². The van der Waals surface area contributed by atoms with Gasteiger partial charge in [-0.2, -0.15) is 0 Å². The van der Waals surface area contributed by atoms with Gasteiger partial charge in [0.2, 0.25) is 5.91 Å². The molecule has 124 valence electrons. The quantitative estimate of drug-likeness (QED) is 0.846. The molecule has 24 heavy (non-hydrogen) atoms. The van der Waals surface area contributed by atoms with Crippen molar-refractivity contribution in [3.8, 4) is 0 Å². The molecule has 0 aliphatic carbocycles. The molecule has 0 aliphatic rings. The first-order valence-electron chi connectivity index (χ1n) is 7.29. The molecule has 0 aromatic heterocycles. The molecule has 0 radical (unpaired) electrons. The topological polar surface area (TPSA) is 84.5 Å². The third-order valence-corrected chi connectivity index (χ3v) is 3.46. The number of nitrogens with one attached hydrogen (secondary N) is 2. The molecule has 0 aliphatic heterocycles. The van der Waals surface area contributed by atoms with Crippen LogP contribution in [0, 0.1) is 6.92 Å². The Morgan fingerprint density at radius 1 is 0.875 bits per heavy atom. The van der Waals surface area contributed by atoms with Gasteiger partial charge in [-0.1, -0.05) is 6.07 Å². The van der Waals surface area contributed by atoms with Crippen LogP contribution in [0.4, 0.5) is 11.4 Å². The van der Waals surface area contributed by atoms with E-state index in [2.05, 4.69) is 15.4 Å². The molecule has 0 saturated heterocycles. The third-order valence-electron chi connectivity index (χ3n) is 3.46. The number of methoxy groups -OCH3 is 1. The Bertz CT molecular complexity index is 782. The predicted molar refractivity (Wildman–Crippen MR) is 91.2 cm³/mol. The van der Waals surface area contributed by atoms with Gasteiger partial charge in [-0.05, 0) is 48.9 Å². The van der Waals surface area contributed by atoms with Crippen molar-refractivity contribution >= 4 is 29.2 Å². The first-order chi connectivity index (χ1) is 11.4. The van der Waals surface area contributed by atoms with Gasteiger partial charge in [0.15, 0.2) is 0 Å². The van der Waals surface area contributed by atoms with Crippen LogP contribution in [-0.2, 0) is 9.53 Å². The summed E-state index contributed by atoms with van der Waals surface area (Å²) in [5.41, 5.74) is 2.78. The Morgan fingerprint density at radius 2 is 1.42 bits per heavy atom. The SMILES string of the molecule is COC(=O)c1ccc(C(=O)Nc2cccc(NC(C)=O)c2C)cc1. The minimum Gasteiger partial charge on any atom is -0.465 e. The summed E-state index contributed by atoms with van der Waals surface area (Å²) in [6.07, 6.45) is 0. The summed E-state index contributed by atoms with van der Waals surface area (Å²) in [6.45, 7) is 3.23. The Hall–Kier alpha value is -3.15. The summed E-state index contributed by atoms with van der Waals surface area (Å²) in [7, 11) is 1.30. The number of esters is 1. The molecule has 0 spiro atoms. The minimum absolute atomic E-state index is 0.181. The second kappa shape index (κ2) is 7.41. The molecule has 0 fully saturated rings. The van der Waals surface area contributed by atoms with E-state index in [0.717, 1.165) is 5.56 Å². The molecule has 0 atom stereocenters. The molecule has 2 N–H and O–H groups in total. The van der Waals surface area contributed by atoms with Crippen LogP contribution in [0.15, 0.2) is 42.5 Å². The standard InChI is InChI=1S/C18H18N2O4/c1-11-15(19-12(2)21)5-4-6-16(11)20-17(22)13-7-9-14(10-8-13)18(23)24-3/h4-10H,1-3H3,(H,19,21)(H,20,22). The van der Waals surface area contributed by atoms with Crippen molar-refractivity contribution in [2.45, 2.75) is 13.8 Å². The van der Waals surface area contributed by atoms with Gasteiger partial charge in [0, 0.05) is 23.9 Å². The number of amides is 2. The maximum absolute atomic E-state index is 12.3. The van der Waals surface area contributed by atoms with Crippen molar-refractivity contribution in [3.63, 3.8) is 0 Å². The van der Waals surface area contributed by atoms with Crippen molar-refractivity contribution in [1.29, 1.82) is 0 Å². The van der Waals surface area contributed by atoms with E-state index >= 15 is 0 Å². The maximum Gasteiger partial charge on any atom is 0.337 e. The first-order valence-corrected chi connectivity index (χ1v) is 7.29. The smallest absolute Gasteiger partial charge is 0.337 e. The van der Waals surface area contributed by atoms with Gasteiger partial charge in [-0.25, -0.2) is 4.79 Å². The van der Waals surface area contributed by atoms with Crippen LogP contribution in [0.25, 0.3) is 0 Å². The lowest BCUT2D eigenvalue weighted by atomic mass is 10.1. The zero-order chi connectivity index (χ0) is 17.7. The lowest BCUT2D eigenvalue weighted by molar-refractivity contribution is -0.114. The van der Waals surface area contributed by atoms with Crippen LogP contribution in [-0.4, -0.2) is 24.9 Å². The summed E-state index contributed by atoms with van der Waals surface area (Å²) >= 11 is 0. The molecule has 0 bridgehead atoms. The van der Waals surface area contributed by atoms with Crippen LogP contribution >= 0.6 is 0 Å². The molecule has 2 aromatic carbocycles. The first kappa shape index (κ1) is 17.2. The van der Waals surface area contributed by atoms with Gasteiger partial charge in [0.1, 0.15) is 0 Å². The predicted octanol–water partition coefficient (Wildman–Crippen LogP) is 2.99. The maximum atomic E-state index is 12.3. The Labute approximate surface area is 139 Å². The van der Waals surface area contributed by atoms with Crippen molar-refractivity contribution in [2.75, 3.05) is 17.7 Å². The Kier molecular flexibility index (Phi) is 5.31. The van der Waals surface area contributed by atoms with E-state index in [-0.39, 0.29) is 11.8 Å². The van der Waals surface area contributed by atoms with Crippen LogP contribution in [0.1, 0.15) is 33.2 Å². The van der Waals surface area contributed by atoms with Gasteiger partial charge >= 0.3 is 5.97 Å². The number of benzene rings is 2. The zero-order valence-corrected chi connectivity index (χ0v) is 13.7. The largest absolute Gasteiger partial charge is 0.465 e. The third kappa shape index (κ3) is 3.98. The van der Waals surface area contributed by atoms with Gasteiger partial charge in [0.05, 0.1) is 12.7 Å². The number of ether oxygens (including phenoxy) is 1. The van der Waals surface area contributed by atoms with E-state index in [4.69, 9.17) is 0 Å². The number of carbonyl (C=O) groups is 3. The average Bonchev–Trinajstić information content (AvgIpc) is 2.57. The summed E-state index contributed by atoms with van der Waals surface area (Å²) in [5.74, 6) is -0.949. The summed E-state index contributed by atoms with van der Waals surface area (Å²) in [5, 5.41) is 5.51. The van der Waals surface area contributed by atoms with Gasteiger partial charge in [-0.15, -0.1) is 0 Å². The monoisotopic (exact) mass is 326 g/mol. The highest BCUT2D eigenvalue weighted by Crippen LogP contribution is 2.24. The van der Waals surface area contributed by atoms with Crippen molar-refractivity contribution in [1.82, 2.24) is 0 Å². The summed E-state index contributed by atoms with van der Waals surface area (Å²) in [6, 6.07) is 11.4. The molecule has 6 heteroatoms. The molecule has 2 rings (SSSR count). The van der Waals surface area contributed by atoms with E-state index in [9.17, 15) is 14.4 Å². The number of anilines is 2. The number of hydrogen-bond acceptors (Lipinski definition) is 4. The fourth-order valence-corrected chi connectivity index (χ4v) is 2.17. The van der Waals surface area contributed by atoms with E-state index in [1.807, 2.05) is 0 Å². The molecule has 6 nitrogen and oxygen atoms in total. The zero-order valence-electron chi connectivity index (χ0n) is 13.7. The van der Waals surface area contributed by atoms with Crippen molar-refractivity contribution in [2.24, 2.45) is 0 Å². The average molecular weight is 326 g/mol. The summed E-state index contributed by atoms with van der Waals surface area (Å²) < 4.78 is 4.62. The van der Waals surface area contributed by atoms with E-state index < -0.39 is 5.97 Å². The molecule has 2 amide bonds. The van der Waals surface area contributed by atoms with E-state index in [1.165, 1.54) is 26.2 Å². The summed E-state index contributed by atoms with van der Waals surface area (Å²) in [4.78, 5) is 34.9. The highest BCUT2D eigenvalue weighted by Gasteiger charge is 2.12. The second-order valence-electron chi connectivity index (χ2n) is 5.18. The molecule has 0 saturated carbocycles. The molecular weight excluding hydrogens is 308 g/mol. The highest BCUT2D eigenvalue weighted by molar-refractivity contribution is 6.05. The van der Waals surface area contributed by atoms with E-state index in [0.29, 0.717) is 22.5 Å². The molecular formula is C18H18N2O4. The fourth-order valence-electron chi connectivity index (χ4n) is 2.17. The second-order valence-corrected chi connectivity index (χ2v) is 5.18. The molecule has 0 unspecified atom stereocenters. The Morgan fingerprint density at radius 3 is 1.96 bits per heavy atom. The van der Waals surface area contributed by atoms with Gasteiger partial charge in [-0.3, -0.25) is 9.59 Å². The number of hydrogen-bond donors (Lipinski definition) is 2. The van der Waals surface area contributed by atoms with Gasteiger partial charge < -0.3 is 15.4 Å². The van der Waals surface area contributed by atoms with Crippen LogP contribution in [0.5, 0.6) is 0 Å². The van der Waals surface area contributed by atoms with Gasteiger partial charge in [0.25, 0.3) is 5.91 Å². The molecule has 0 heterocycles. The number of carbonyl (C=O) groups excluding carboxylic acids is 3. The Balaban J connectivity index is 2.18. The number of rotatable bonds is 4. The van der Waals surface area contributed by atoms with Crippen LogP contribution in [0.2, 0.25) is 0 Å². The minimum atomic E-state index is -0.458. The molecule has 2 aromatic rings. The fraction of sp³-hybridized carbons (Fsp3) is 0.167. The van der Waals surface area contributed by atoms with Crippen molar-refractivity contribution < 1.29 is 19.1 Å². The lowest BCUT2D eigenvalue weighted by Gasteiger charge is -2.13. The normalized spacial score (nSPS) is 9.96. The van der Waals surface area contributed by atoms with Crippen molar-refractivity contribution in [3.05, 3.63) is 59.2 Å². The highest BCUT2D eigenvalue weighted by atomic mass is 16.5. The lowest BCUT2D eigenvalue weighted by Crippen LogP contribution is -2.14.